The summed E-state index contributed by atoms with van der Waals surface area (Å²) in [6.45, 7) is 4.61. The van der Waals surface area contributed by atoms with E-state index in [0.717, 1.165) is 11.4 Å². The lowest BCUT2D eigenvalue weighted by Gasteiger charge is -2.12. The maximum absolute atomic E-state index is 12.7. The Morgan fingerprint density at radius 3 is 2.20 bits per heavy atom. The minimum atomic E-state index is -0.305. The molecule has 0 bridgehead atoms. The molecule has 0 radical (unpaired) electrons. The lowest BCUT2D eigenvalue weighted by Crippen LogP contribution is -2.32. The second-order valence-electron chi connectivity index (χ2n) is 5.55. The summed E-state index contributed by atoms with van der Waals surface area (Å²) >= 11 is 0. The third-order valence-corrected chi connectivity index (χ3v) is 3.98. The average Bonchev–Trinajstić information content (AvgIpc) is 2.87. The van der Waals surface area contributed by atoms with Crippen LogP contribution in [0, 0.1) is 0 Å². The number of anilines is 1. The Morgan fingerprint density at radius 1 is 0.920 bits per heavy atom. The standard InChI is InChI=1S/C20H20N2O3/c1-3-22-19(23)17(14-10-12-16(13-11-14)25-4-2)18(20(22)24)21-15-8-6-5-7-9-15/h5-13,21H,3-4H2,1-2H3. The van der Waals surface area contributed by atoms with E-state index >= 15 is 0 Å². The highest BCUT2D eigenvalue weighted by molar-refractivity contribution is 6.36. The zero-order valence-electron chi connectivity index (χ0n) is 14.3. The van der Waals surface area contributed by atoms with Crippen molar-refractivity contribution in [3.05, 3.63) is 65.9 Å². The molecular formula is C20H20N2O3. The van der Waals surface area contributed by atoms with Gasteiger partial charge in [0.2, 0.25) is 0 Å². The number of nitrogens with zero attached hydrogens (tertiary/aromatic N) is 1. The van der Waals surface area contributed by atoms with Crippen molar-refractivity contribution in [3.63, 3.8) is 0 Å². The molecule has 0 atom stereocenters. The number of para-hydroxylation sites is 1. The van der Waals surface area contributed by atoms with Crippen LogP contribution >= 0.6 is 0 Å². The van der Waals surface area contributed by atoms with Gasteiger partial charge in [0.05, 0.1) is 12.2 Å². The summed E-state index contributed by atoms with van der Waals surface area (Å²) in [6, 6.07) is 16.6. The number of rotatable bonds is 6. The molecule has 128 valence electrons. The van der Waals surface area contributed by atoms with Gasteiger partial charge >= 0.3 is 0 Å². The second kappa shape index (κ2) is 7.21. The van der Waals surface area contributed by atoms with Crippen LogP contribution in [0.3, 0.4) is 0 Å². The molecule has 0 saturated heterocycles. The fourth-order valence-corrected chi connectivity index (χ4v) is 2.80. The van der Waals surface area contributed by atoms with Crippen LogP contribution in [0.1, 0.15) is 19.4 Å². The number of carbonyl (C=O) groups excluding carboxylic acids is 2. The number of carbonyl (C=O) groups is 2. The van der Waals surface area contributed by atoms with Crippen molar-refractivity contribution < 1.29 is 14.3 Å². The molecule has 5 heteroatoms. The van der Waals surface area contributed by atoms with Crippen LogP contribution < -0.4 is 10.1 Å². The highest BCUT2D eigenvalue weighted by Gasteiger charge is 2.38. The van der Waals surface area contributed by atoms with E-state index in [9.17, 15) is 9.59 Å². The van der Waals surface area contributed by atoms with Gasteiger partial charge in [0.15, 0.2) is 0 Å². The average molecular weight is 336 g/mol. The molecule has 0 aliphatic carbocycles. The van der Waals surface area contributed by atoms with E-state index in [-0.39, 0.29) is 11.8 Å². The Hall–Kier alpha value is -3.08. The predicted octanol–water partition coefficient (Wildman–Crippen LogP) is 3.30. The minimum Gasteiger partial charge on any atom is -0.494 e. The van der Waals surface area contributed by atoms with Gasteiger partial charge in [-0.05, 0) is 43.7 Å². The van der Waals surface area contributed by atoms with Crippen LogP contribution in [0.5, 0.6) is 5.75 Å². The highest BCUT2D eigenvalue weighted by atomic mass is 16.5. The van der Waals surface area contributed by atoms with Gasteiger partial charge in [0, 0.05) is 12.2 Å². The summed E-state index contributed by atoms with van der Waals surface area (Å²) in [4.78, 5) is 26.6. The number of hydrogen-bond acceptors (Lipinski definition) is 4. The molecular weight excluding hydrogens is 316 g/mol. The Morgan fingerprint density at radius 2 is 1.60 bits per heavy atom. The van der Waals surface area contributed by atoms with Crippen molar-refractivity contribution in [2.45, 2.75) is 13.8 Å². The minimum absolute atomic E-state index is 0.282. The van der Waals surface area contributed by atoms with Gasteiger partial charge in [-0.15, -0.1) is 0 Å². The van der Waals surface area contributed by atoms with Gasteiger partial charge in [-0.2, -0.15) is 0 Å². The SMILES string of the molecule is CCOc1ccc(C2=C(Nc3ccccc3)C(=O)N(CC)C2=O)cc1. The molecule has 0 saturated carbocycles. The number of likely N-dealkylation sites (N-methyl/N-ethyl adjacent to an activating group) is 1. The summed E-state index contributed by atoms with van der Waals surface area (Å²) in [6.07, 6.45) is 0. The first-order chi connectivity index (χ1) is 12.2. The van der Waals surface area contributed by atoms with E-state index in [4.69, 9.17) is 4.74 Å². The normalized spacial score (nSPS) is 14.2. The fraction of sp³-hybridized carbons (Fsp3) is 0.200. The fourth-order valence-electron chi connectivity index (χ4n) is 2.80. The zero-order chi connectivity index (χ0) is 17.8. The first kappa shape index (κ1) is 16.8. The molecule has 2 aromatic carbocycles. The molecule has 25 heavy (non-hydrogen) atoms. The van der Waals surface area contributed by atoms with Gasteiger partial charge in [0.1, 0.15) is 11.4 Å². The number of imide groups is 1. The summed E-state index contributed by atoms with van der Waals surface area (Å²) in [5, 5.41) is 3.11. The van der Waals surface area contributed by atoms with Gasteiger partial charge in [-0.25, -0.2) is 0 Å². The van der Waals surface area contributed by atoms with Crippen molar-refractivity contribution in [1.29, 1.82) is 0 Å². The first-order valence-corrected chi connectivity index (χ1v) is 8.31. The molecule has 3 rings (SSSR count). The van der Waals surface area contributed by atoms with E-state index in [1.807, 2.05) is 37.3 Å². The summed E-state index contributed by atoms with van der Waals surface area (Å²) in [5.74, 6) is 0.142. The Bertz CT molecular complexity index is 811. The topological polar surface area (TPSA) is 58.6 Å². The van der Waals surface area contributed by atoms with Crippen molar-refractivity contribution >= 4 is 23.1 Å². The molecule has 0 fully saturated rings. The maximum Gasteiger partial charge on any atom is 0.278 e. The van der Waals surface area contributed by atoms with Crippen molar-refractivity contribution in [3.8, 4) is 5.75 Å². The summed E-state index contributed by atoms with van der Waals surface area (Å²) in [7, 11) is 0. The number of amides is 2. The monoisotopic (exact) mass is 336 g/mol. The third kappa shape index (κ3) is 3.26. The number of nitrogens with one attached hydrogen (secondary N) is 1. The Kier molecular flexibility index (Phi) is 4.84. The van der Waals surface area contributed by atoms with Crippen LogP contribution in [-0.4, -0.2) is 29.9 Å². The van der Waals surface area contributed by atoms with Gasteiger partial charge < -0.3 is 10.1 Å². The summed E-state index contributed by atoms with van der Waals surface area (Å²) in [5.41, 5.74) is 2.15. The molecule has 2 amide bonds. The lowest BCUT2D eigenvalue weighted by atomic mass is 10.0. The van der Waals surface area contributed by atoms with Gasteiger partial charge in [0.25, 0.3) is 11.8 Å². The van der Waals surface area contributed by atoms with Crippen molar-refractivity contribution in [2.24, 2.45) is 0 Å². The molecule has 1 aliphatic heterocycles. The zero-order valence-corrected chi connectivity index (χ0v) is 14.3. The number of benzene rings is 2. The van der Waals surface area contributed by atoms with Gasteiger partial charge in [-0.1, -0.05) is 30.3 Å². The van der Waals surface area contributed by atoms with E-state index in [1.54, 1.807) is 31.2 Å². The van der Waals surface area contributed by atoms with E-state index in [1.165, 1.54) is 4.90 Å². The molecule has 0 aromatic heterocycles. The molecule has 1 N–H and O–H groups in total. The Labute approximate surface area is 146 Å². The van der Waals surface area contributed by atoms with E-state index in [0.29, 0.717) is 30.0 Å². The molecule has 1 aliphatic rings. The lowest BCUT2D eigenvalue weighted by molar-refractivity contribution is -0.136. The second-order valence-corrected chi connectivity index (χ2v) is 5.55. The van der Waals surface area contributed by atoms with Crippen LogP contribution in [0.4, 0.5) is 5.69 Å². The quantitative estimate of drug-likeness (QED) is 0.822. The summed E-state index contributed by atoms with van der Waals surface area (Å²) < 4.78 is 5.44. The van der Waals surface area contributed by atoms with E-state index in [2.05, 4.69) is 5.32 Å². The molecule has 5 nitrogen and oxygen atoms in total. The molecule has 0 unspecified atom stereocenters. The van der Waals surface area contributed by atoms with Crippen molar-refractivity contribution in [1.82, 2.24) is 4.90 Å². The molecule has 0 spiro atoms. The van der Waals surface area contributed by atoms with E-state index < -0.39 is 0 Å². The molecule has 2 aromatic rings. The Balaban J connectivity index is 2.02. The third-order valence-electron chi connectivity index (χ3n) is 3.98. The largest absolute Gasteiger partial charge is 0.494 e. The van der Waals surface area contributed by atoms with Crippen LogP contribution in [0.15, 0.2) is 60.3 Å². The first-order valence-electron chi connectivity index (χ1n) is 8.31. The number of hydrogen-bond donors (Lipinski definition) is 1. The maximum atomic E-state index is 12.7. The van der Waals surface area contributed by atoms with Crippen LogP contribution in [0.25, 0.3) is 5.57 Å². The van der Waals surface area contributed by atoms with Crippen molar-refractivity contribution in [2.75, 3.05) is 18.5 Å². The predicted molar refractivity (Wildman–Crippen MR) is 97.0 cm³/mol. The smallest absolute Gasteiger partial charge is 0.278 e. The molecule has 1 heterocycles. The highest BCUT2D eigenvalue weighted by Crippen LogP contribution is 2.31. The number of ether oxygens (including phenoxy) is 1. The van der Waals surface area contributed by atoms with Crippen LogP contribution in [0.2, 0.25) is 0 Å². The van der Waals surface area contributed by atoms with Crippen LogP contribution in [-0.2, 0) is 9.59 Å². The van der Waals surface area contributed by atoms with Gasteiger partial charge in [-0.3, -0.25) is 14.5 Å².